The number of halogens is 3. The SMILES string of the molecule is CCCCCCNC1CN(C)C(=O)N1c1nnc(C(F)(F)F)s1. The third kappa shape index (κ3) is 4.31. The first-order valence-corrected chi connectivity index (χ1v) is 8.34. The lowest BCUT2D eigenvalue weighted by atomic mass is 10.2. The fourth-order valence-corrected chi connectivity index (χ4v) is 3.11. The molecule has 1 unspecified atom stereocenters. The maximum Gasteiger partial charge on any atom is 0.445 e. The number of aromatic nitrogens is 2. The Bertz CT molecular complexity index is 536. The lowest BCUT2D eigenvalue weighted by Crippen LogP contribution is -2.44. The van der Waals surface area contributed by atoms with E-state index in [0.717, 1.165) is 25.7 Å². The minimum Gasteiger partial charge on any atom is -0.324 e. The highest BCUT2D eigenvalue weighted by molar-refractivity contribution is 7.15. The molecule has 2 amide bonds. The van der Waals surface area contributed by atoms with E-state index in [4.69, 9.17) is 0 Å². The van der Waals surface area contributed by atoms with Gasteiger partial charge in [0.05, 0.1) is 6.54 Å². The van der Waals surface area contributed by atoms with E-state index in [2.05, 4.69) is 22.4 Å². The number of unbranched alkanes of at least 4 members (excludes halogenated alkanes) is 3. The van der Waals surface area contributed by atoms with Crippen molar-refractivity contribution in [3.05, 3.63) is 5.01 Å². The van der Waals surface area contributed by atoms with Crippen molar-refractivity contribution in [2.24, 2.45) is 0 Å². The maximum atomic E-state index is 12.7. The summed E-state index contributed by atoms with van der Waals surface area (Å²) < 4.78 is 38.0. The van der Waals surface area contributed by atoms with Gasteiger partial charge >= 0.3 is 12.2 Å². The van der Waals surface area contributed by atoms with Gasteiger partial charge in [-0.1, -0.05) is 37.5 Å². The van der Waals surface area contributed by atoms with Gasteiger partial charge < -0.3 is 4.90 Å². The number of carbonyl (C=O) groups excluding carboxylic acids is 1. The molecule has 1 aliphatic heterocycles. The van der Waals surface area contributed by atoms with Crippen LogP contribution in [0.2, 0.25) is 0 Å². The first-order chi connectivity index (χ1) is 10.8. The second-order valence-electron chi connectivity index (χ2n) is 5.45. The molecule has 2 rings (SSSR count). The number of urea groups is 1. The molecular formula is C13H20F3N5OS. The Hall–Kier alpha value is -1.42. The van der Waals surface area contributed by atoms with Gasteiger partial charge in [-0.2, -0.15) is 13.2 Å². The minimum atomic E-state index is -4.55. The Labute approximate surface area is 136 Å². The van der Waals surface area contributed by atoms with Crippen LogP contribution >= 0.6 is 11.3 Å². The molecule has 1 aromatic heterocycles. The first kappa shape index (κ1) is 17.9. The molecule has 1 aromatic rings. The number of nitrogens with one attached hydrogen (secondary N) is 1. The molecule has 6 nitrogen and oxygen atoms in total. The number of amides is 2. The van der Waals surface area contributed by atoms with E-state index in [1.54, 1.807) is 7.05 Å². The number of likely N-dealkylation sites (N-methyl/N-ethyl adjacent to an activating group) is 1. The van der Waals surface area contributed by atoms with Crippen LogP contribution in [-0.2, 0) is 6.18 Å². The van der Waals surface area contributed by atoms with Gasteiger partial charge in [-0.05, 0) is 13.0 Å². The van der Waals surface area contributed by atoms with Crippen molar-refractivity contribution < 1.29 is 18.0 Å². The van der Waals surface area contributed by atoms with Gasteiger partial charge in [0.25, 0.3) is 0 Å². The highest BCUT2D eigenvalue weighted by atomic mass is 32.1. The molecule has 1 fully saturated rings. The molecule has 0 bridgehead atoms. The Morgan fingerprint density at radius 1 is 1.30 bits per heavy atom. The van der Waals surface area contributed by atoms with E-state index in [-0.39, 0.29) is 17.3 Å². The van der Waals surface area contributed by atoms with Crippen LogP contribution in [0.1, 0.15) is 37.6 Å². The van der Waals surface area contributed by atoms with Crippen molar-refractivity contribution in [1.82, 2.24) is 20.4 Å². The molecule has 0 radical (unpaired) electrons. The lowest BCUT2D eigenvalue weighted by Gasteiger charge is -2.20. The molecule has 0 aromatic carbocycles. The van der Waals surface area contributed by atoms with Gasteiger partial charge in [0.1, 0.15) is 6.17 Å². The van der Waals surface area contributed by atoms with E-state index in [0.29, 0.717) is 24.4 Å². The van der Waals surface area contributed by atoms with Crippen molar-refractivity contribution in [3.63, 3.8) is 0 Å². The molecule has 1 aliphatic rings. The molecule has 0 spiro atoms. The highest BCUT2D eigenvalue weighted by Crippen LogP contribution is 2.35. The number of hydrogen-bond donors (Lipinski definition) is 1. The Balaban J connectivity index is 2.04. The molecule has 1 atom stereocenters. The van der Waals surface area contributed by atoms with Crippen molar-refractivity contribution in [2.75, 3.05) is 25.0 Å². The molecular weight excluding hydrogens is 331 g/mol. The summed E-state index contributed by atoms with van der Waals surface area (Å²) in [6, 6.07) is -0.374. The van der Waals surface area contributed by atoms with Crippen LogP contribution in [0.3, 0.4) is 0 Å². The predicted molar refractivity (Wildman–Crippen MR) is 81.3 cm³/mol. The third-order valence-electron chi connectivity index (χ3n) is 3.56. The van der Waals surface area contributed by atoms with Crippen LogP contribution in [0.5, 0.6) is 0 Å². The van der Waals surface area contributed by atoms with Gasteiger partial charge in [0.15, 0.2) is 0 Å². The molecule has 10 heteroatoms. The number of rotatable bonds is 7. The van der Waals surface area contributed by atoms with Crippen molar-refractivity contribution in [1.29, 1.82) is 0 Å². The van der Waals surface area contributed by atoms with E-state index in [9.17, 15) is 18.0 Å². The topological polar surface area (TPSA) is 61.4 Å². The standard InChI is InChI=1S/C13H20F3N5OS/c1-3-4-5-6-7-17-9-8-20(2)12(22)21(9)11-19-18-10(23-11)13(14,15)16/h9,17H,3-8H2,1-2H3. The molecule has 130 valence electrons. The maximum absolute atomic E-state index is 12.7. The number of nitrogens with zero attached hydrogens (tertiary/aromatic N) is 4. The van der Waals surface area contributed by atoms with E-state index in [1.165, 1.54) is 9.80 Å². The van der Waals surface area contributed by atoms with Crippen LogP contribution in [0.4, 0.5) is 23.1 Å². The molecule has 0 saturated carbocycles. The predicted octanol–water partition coefficient (Wildman–Crippen LogP) is 2.92. The quantitative estimate of drug-likeness (QED) is 0.768. The third-order valence-corrected chi connectivity index (χ3v) is 4.53. The van der Waals surface area contributed by atoms with Gasteiger partial charge in [-0.3, -0.25) is 10.2 Å². The lowest BCUT2D eigenvalue weighted by molar-refractivity contribution is -0.138. The zero-order chi connectivity index (χ0) is 17.0. The number of hydrogen-bond acceptors (Lipinski definition) is 5. The average molecular weight is 351 g/mol. The zero-order valence-electron chi connectivity index (χ0n) is 13.1. The van der Waals surface area contributed by atoms with Gasteiger partial charge in [-0.25, -0.2) is 4.79 Å². The van der Waals surface area contributed by atoms with E-state index in [1.807, 2.05) is 0 Å². The van der Waals surface area contributed by atoms with Crippen LogP contribution < -0.4 is 10.2 Å². The minimum absolute atomic E-state index is 0.0299. The number of anilines is 1. The van der Waals surface area contributed by atoms with Crippen molar-refractivity contribution in [3.8, 4) is 0 Å². The second-order valence-corrected chi connectivity index (χ2v) is 6.41. The van der Waals surface area contributed by atoms with Crippen LogP contribution in [0.15, 0.2) is 0 Å². The number of alkyl halides is 3. The zero-order valence-corrected chi connectivity index (χ0v) is 13.9. The number of carbonyl (C=O) groups is 1. The Morgan fingerprint density at radius 2 is 2.04 bits per heavy atom. The summed E-state index contributed by atoms with van der Waals surface area (Å²) in [7, 11) is 1.61. The van der Waals surface area contributed by atoms with E-state index < -0.39 is 11.2 Å². The van der Waals surface area contributed by atoms with Crippen LogP contribution in [0, 0.1) is 0 Å². The van der Waals surface area contributed by atoms with Crippen molar-refractivity contribution >= 4 is 22.5 Å². The summed E-state index contributed by atoms with van der Waals surface area (Å²) in [6.45, 7) is 3.22. The summed E-state index contributed by atoms with van der Waals surface area (Å²) >= 11 is 0.385. The molecule has 1 N–H and O–H groups in total. The normalized spacial score (nSPS) is 19.0. The first-order valence-electron chi connectivity index (χ1n) is 7.53. The fraction of sp³-hybridized carbons (Fsp3) is 0.769. The van der Waals surface area contributed by atoms with E-state index >= 15 is 0 Å². The van der Waals surface area contributed by atoms with Crippen molar-refractivity contribution in [2.45, 2.75) is 44.9 Å². The Kier molecular flexibility index (Phi) is 5.79. The van der Waals surface area contributed by atoms with Gasteiger partial charge in [0.2, 0.25) is 10.1 Å². The van der Waals surface area contributed by atoms with Gasteiger partial charge in [-0.15, -0.1) is 10.2 Å². The summed E-state index contributed by atoms with van der Waals surface area (Å²) in [5.74, 6) is 0. The summed E-state index contributed by atoms with van der Waals surface area (Å²) in [6.07, 6.45) is -0.629. The monoisotopic (exact) mass is 351 g/mol. The summed E-state index contributed by atoms with van der Waals surface area (Å²) in [5, 5.41) is 8.84. The molecule has 23 heavy (non-hydrogen) atoms. The Morgan fingerprint density at radius 3 is 2.65 bits per heavy atom. The molecule has 1 saturated heterocycles. The largest absolute Gasteiger partial charge is 0.445 e. The summed E-state index contributed by atoms with van der Waals surface area (Å²) in [5.41, 5.74) is 0. The highest BCUT2D eigenvalue weighted by Gasteiger charge is 2.41. The smallest absolute Gasteiger partial charge is 0.324 e. The summed E-state index contributed by atoms with van der Waals surface area (Å²) in [4.78, 5) is 14.9. The fourth-order valence-electron chi connectivity index (χ4n) is 2.36. The average Bonchev–Trinajstić information content (AvgIpc) is 3.05. The van der Waals surface area contributed by atoms with Crippen LogP contribution in [0.25, 0.3) is 0 Å². The van der Waals surface area contributed by atoms with Gasteiger partial charge in [0, 0.05) is 7.05 Å². The molecule has 0 aliphatic carbocycles. The second kappa shape index (κ2) is 7.43. The van der Waals surface area contributed by atoms with Crippen LogP contribution in [-0.4, -0.2) is 47.4 Å². The molecule has 2 heterocycles.